The Morgan fingerprint density at radius 2 is 1.77 bits per heavy atom. The van der Waals surface area contributed by atoms with Gasteiger partial charge in [-0.05, 0) is 25.2 Å². The quantitative estimate of drug-likeness (QED) is 0.721. The zero-order valence-corrected chi connectivity index (χ0v) is 8.97. The topological polar surface area (TPSA) is 3.24 Å². The molecule has 0 radical (unpaired) electrons. The molecule has 0 unspecified atom stereocenters. The van der Waals surface area contributed by atoms with Gasteiger partial charge >= 0.3 is 0 Å². The molecule has 0 aliphatic heterocycles. The fraction of sp³-hybridized carbons (Fsp3) is 0.273. The monoisotopic (exact) mass is 197 g/mol. The molecule has 1 aromatic rings. The van der Waals surface area contributed by atoms with Gasteiger partial charge in [-0.2, -0.15) is 0 Å². The first kappa shape index (κ1) is 12.2. The minimum absolute atomic E-state index is 0. The molecular formula is C11H16ClN. The maximum absolute atomic E-state index is 3.71. The number of halogens is 1. The summed E-state index contributed by atoms with van der Waals surface area (Å²) in [6.45, 7) is 4.71. The Hall–Kier alpha value is -0.790. The van der Waals surface area contributed by atoms with Crippen molar-refractivity contribution in [3.8, 4) is 0 Å². The minimum atomic E-state index is 0. The van der Waals surface area contributed by atoms with Gasteiger partial charge in [-0.3, -0.25) is 0 Å². The molecule has 2 heteroatoms. The van der Waals surface area contributed by atoms with Gasteiger partial charge in [0.1, 0.15) is 0 Å². The standard InChI is InChI=1S/C11H15N.ClH/c1-4-10-5-7-11(8-6-10)9-12(2)3;/h4-8H,1,9H2,2-3H3;1H. The third-order valence-corrected chi connectivity index (χ3v) is 1.71. The molecule has 1 rings (SSSR count). The predicted molar refractivity (Wildman–Crippen MR) is 61.2 cm³/mol. The second-order valence-corrected chi connectivity index (χ2v) is 3.18. The van der Waals surface area contributed by atoms with E-state index >= 15 is 0 Å². The van der Waals surface area contributed by atoms with E-state index in [0.717, 1.165) is 6.54 Å². The average Bonchev–Trinajstić information content (AvgIpc) is 2.05. The van der Waals surface area contributed by atoms with Gasteiger partial charge in [0.15, 0.2) is 0 Å². The highest BCUT2D eigenvalue weighted by molar-refractivity contribution is 5.85. The van der Waals surface area contributed by atoms with Gasteiger partial charge in [-0.15, -0.1) is 12.4 Å². The van der Waals surface area contributed by atoms with E-state index in [1.54, 1.807) is 0 Å². The molecule has 0 spiro atoms. The molecule has 0 saturated carbocycles. The van der Waals surface area contributed by atoms with Crippen LogP contribution in [0.1, 0.15) is 11.1 Å². The van der Waals surface area contributed by atoms with Crippen LogP contribution in [0.3, 0.4) is 0 Å². The molecule has 1 nitrogen and oxygen atoms in total. The minimum Gasteiger partial charge on any atom is -0.305 e. The van der Waals surface area contributed by atoms with Crippen LogP contribution in [-0.2, 0) is 6.54 Å². The zero-order chi connectivity index (χ0) is 8.97. The van der Waals surface area contributed by atoms with E-state index < -0.39 is 0 Å². The van der Waals surface area contributed by atoms with Crippen LogP contribution >= 0.6 is 12.4 Å². The lowest BCUT2D eigenvalue weighted by Crippen LogP contribution is -2.10. The summed E-state index contributed by atoms with van der Waals surface area (Å²) < 4.78 is 0. The van der Waals surface area contributed by atoms with E-state index in [1.165, 1.54) is 11.1 Å². The molecule has 0 aliphatic rings. The van der Waals surface area contributed by atoms with Crippen molar-refractivity contribution < 1.29 is 0 Å². The largest absolute Gasteiger partial charge is 0.305 e. The van der Waals surface area contributed by atoms with Crippen molar-refractivity contribution in [2.45, 2.75) is 6.54 Å². The predicted octanol–water partition coefficient (Wildman–Crippen LogP) is 2.81. The van der Waals surface area contributed by atoms with E-state index in [9.17, 15) is 0 Å². The van der Waals surface area contributed by atoms with E-state index in [0.29, 0.717) is 0 Å². The van der Waals surface area contributed by atoms with Crippen LogP contribution in [-0.4, -0.2) is 19.0 Å². The van der Waals surface area contributed by atoms with Gasteiger partial charge in [-0.1, -0.05) is 36.9 Å². The molecule has 0 aromatic heterocycles. The van der Waals surface area contributed by atoms with Crippen molar-refractivity contribution in [3.05, 3.63) is 42.0 Å². The summed E-state index contributed by atoms with van der Waals surface area (Å²) >= 11 is 0. The number of hydrogen-bond donors (Lipinski definition) is 0. The Bertz CT molecular complexity index is 251. The SMILES string of the molecule is C=Cc1ccc(CN(C)C)cc1.Cl. The first-order valence-corrected chi connectivity index (χ1v) is 4.08. The van der Waals surface area contributed by atoms with E-state index in [4.69, 9.17) is 0 Å². The number of rotatable bonds is 3. The van der Waals surface area contributed by atoms with Crippen LogP contribution in [0.5, 0.6) is 0 Å². The lowest BCUT2D eigenvalue weighted by atomic mass is 10.1. The number of nitrogens with zero attached hydrogens (tertiary/aromatic N) is 1. The third-order valence-electron chi connectivity index (χ3n) is 1.71. The second-order valence-electron chi connectivity index (χ2n) is 3.18. The van der Waals surface area contributed by atoms with Crippen LogP contribution in [0.15, 0.2) is 30.8 Å². The first-order chi connectivity index (χ1) is 5.72. The van der Waals surface area contributed by atoms with Gasteiger partial charge in [0.2, 0.25) is 0 Å². The Labute approximate surface area is 86.5 Å². The molecule has 0 amide bonds. The Balaban J connectivity index is 0.00000144. The van der Waals surface area contributed by atoms with Crippen LogP contribution in [0.25, 0.3) is 6.08 Å². The summed E-state index contributed by atoms with van der Waals surface area (Å²) in [6, 6.07) is 8.45. The third kappa shape index (κ3) is 4.11. The van der Waals surface area contributed by atoms with E-state index in [2.05, 4.69) is 49.8 Å². The van der Waals surface area contributed by atoms with Crippen LogP contribution in [0, 0.1) is 0 Å². The van der Waals surface area contributed by atoms with E-state index in [-0.39, 0.29) is 12.4 Å². The second kappa shape index (κ2) is 5.79. The molecule has 72 valence electrons. The molecule has 0 heterocycles. The molecule has 0 atom stereocenters. The molecule has 13 heavy (non-hydrogen) atoms. The van der Waals surface area contributed by atoms with Crippen LogP contribution < -0.4 is 0 Å². The molecule has 1 aromatic carbocycles. The summed E-state index contributed by atoms with van der Waals surface area (Å²) in [4.78, 5) is 2.16. The number of benzene rings is 1. The van der Waals surface area contributed by atoms with Crippen molar-refractivity contribution in [2.75, 3.05) is 14.1 Å². The van der Waals surface area contributed by atoms with Crippen molar-refractivity contribution >= 4 is 18.5 Å². The lowest BCUT2D eigenvalue weighted by Gasteiger charge is -2.09. The summed E-state index contributed by atoms with van der Waals surface area (Å²) in [5, 5.41) is 0. The maximum atomic E-state index is 3.71. The Morgan fingerprint density at radius 1 is 1.23 bits per heavy atom. The van der Waals surface area contributed by atoms with E-state index in [1.807, 2.05) is 6.08 Å². The highest BCUT2D eigenvalue weighted by atomic mass is 35.5. The first-order valence-electron chi connectivity index (χ1n) is 4.08. The molecule has 0 fully saturated rings. The molecular weight excluding hydrogens is 182 g/mol. The van der Waals surface area contributed by atoms with Crippen molar-refractivity contribution in [1.82, 2.24) is 4.90 Å². The Kier molecular flexibility index (Phi) is 5.44. The van der Waals surface area contributed by atoms with Crippen LogP contribution in [0.2, 0.25) is 0 Å². The molecule has 0 saturated heterocycles. The van der Waals surface area contributed by atoms with Crippen molar-refractivity contribution in [2.24, 2.45) is 0 Å². The summed E-state index contributed by atoms with van der Waals surface area (Å²) in [7, 11) is 4.14. The zero-order valence-electron chi connectivity index (χ0n) is 8.16. The van der Waals surface area contributed by atoms with Gasteiger partial charge in [0, 0.05) is 6.54 Å². The summed E-state index contributed by atoms with van der Waals surface area (Å²) in [6.07, 6.45) is 1.86. The van der Waals surface area contributed by atoms with Gasteiger partial charge in [0.25, 0.3) is 0 Å². The molecule has 0 aliphatic carbocycles. The summed E-state index contributed by atoms with van der Waals surface area (Å²) in [5.41, 5.74) is 2.52. The highest BCUT2D eigenvalue weighted by Gasteiger charge is 1.93. The number of hydrogen-bond acceptors (Lipinski definition) is 1. The fourth-order valence-corrected chi connectivity index (χ4v) is 1.12. The lowest BCUT2D eigenvalue weighted by molar-refractivity contribution is 0.402. The average molecular weight is 198 g/mol. The fourth-order valence-electron chi connectivity index (χ4n) is 1.12. The summed E-state index contributed by atoms with van der Waals surface area (Å²) in [5.74, 6) is 0. The molecule has 0 N–H and O–H groups in total. The Morgan fingerprint density at radius 3 is 2.15 bits per heavy atom. The van der Waals surface area contributed by atoms with Gasteiger partial charge < -0.3 is 4.90 Å². The highest BCUT2D eigenvalue weighted by Crippen LogP contribution is 2.06. The van der Waals surface area contributed by atoms with Gasteiger partial charge in [-0.25, -0.2) is 0 Å². The maximum Gasteiger partial charge on any atom is 0.0227 e. The normalized spacial score (nSPS) is 9.46. The van der Waals surface area contributed by atoms with Crippen molar-refractivity contribution in [1.29, 1.82) is 0 Å². The molecule has 0 bridgehead atoms. The smallest absolute Gasteiger partial charge is 0.0227 e. The van der Waals surface area contributed by atoms with Gasteiger partial charge in [0.05, 0.1) is 0 Å². The van der Waals surface area contributed by atoms with Crippen molar-refractivity contribution in [3.63, 3.8) is 0 Å². The van der Waals surface area contributed by atoms with Crippen LogP contribution in [0.4, 0.5) is 0 Å².